The minimum absolute atomic E-state index is 0.272. The summed E-state index contributed by atoms with van der Waals surface area (Å²) in [6, 6.07) is 0. The molecule has 1 aliphatic rings. The van der Waals surface area contributed by atoms with Gasteiger partial charge in [-0.15, -0.1) is 0 Å². The zero-order valence-corrected chi connectivity index (χ0v) is 7.53. The summed E-state index contributed by atoms with van der Waals surface area (Å²) in [5, 5.41) is 0. The molecule has 1 heterocycles. The molecule has 1 atom stereocenters. The van der Waals surface area contributed by atoms with Gasteiger partial charge in [-0.25, -0.2) is 0 Å². The van der Waals surface area contributed by atoms with Crippen molar-refractivity contribution in [3.63, 3.8) is 0 Å². The van der Waals surface area contributed by atoms with Gasteiger partial charge in [0.05, 0.1) is 6.54 Å². The fraction of sp³-hybridized carbons (Fsp3) is 0.750. The first-order chi connectivity index (χ1) is 6.08. The van der Waals surface area contributed by atoms with Crippen molar-refractivity contribution in [1.29, 1.82) is 0 Å². The molecule has 0 bridgehead atoms. The molecule has 2 amide bonds. The van der Waals surface area contributed by atoms with Gasteiger partial charge in [-0.1, -0.05) is 0 Å². The highest BCUT2D eigenvalue weighted by molar-refractivity contribution is 5.76. The molecule has 0 radical (unpaired) electrons. The summed E-state index contributed by atoms with van der Waals surface area (Å²) in [4.78, 5) is 23.1. The van der Waals surface area contributed by atoms with E-state index in [4.69, 9.17) is 11.5 Å². The van der Waals surface area contributed by atoms with E-state index in [1.807, 2.05) is 4.90 Å². The van der Waals surface area contributed by atoms with Crippen molar-refractivity contribution >= 4 is 11.8 Å². The highest BCUT2D eigenvalue weighted by Crippen LogP contribution is 2.18. The molecule has 0 spiro atoms. The molecule has 1 aliphatic heterocycles. The van der Waals surface area contributed by atoms with Crippen molar-refractivity contribution in [3.05, 3.63) is 0 Å². The molecule has 5 heteroatoms. The Kier molecular flexibility index (Phi) is 3.25. The van der Waals surface area contributed by atoms with Crippen LogP contribution in [0.1, 0.15) is 12.8 Å². The third-order valence-electron chi connectivity index (χ3n) is 2.24. The number of hydrogen-bond donors (Lipinski definition) is 2. The second-order valence-electron chi connectivity index (χ2n) is 3.53. The molecular weight excluding hydrogens is 170 g/mol. The number of carbonyl (C=O) groups is 2. The van der Waals surface area contributed by atoms with Crippen molar-refractivity contribution in [2.75, 3.05) is 19.6 Å². The number of nitrogens with two attached hydrogens (primary N) is 2. The average Bonchev–Trinajstić information content (AvgIpc) is 2.33. The third-order valence-corrected chi connectivity index (χ3v) is 2.24. The van der Waals surface area contributed by atoms with Crippen molar-refractivity contribution in [3.8, 4) is 0 Å². The van der Waals surface area contributed by atoms with E-state index in [9.17, 15) is 9.59 Å². The molecule has 0 aliphatic carbocycles. The van der Waals surface area contributed by atoms with Gasteiger partial charge in [0.2, 0.25) is 11.8 Å². The lowest BCUT2D eigenvalue weighted by atomic mass is 10.1. The van der Waals surface area contributed by atoms with Crippen LogP contribution in [0.25, 0.3) is 0 Å². The maximum Gasteiger partial charge on any atom is 0.231 e. The summed E-state index contributed by atoms with van der Waals surface area (Å²) < 4.78 is 0. The molecule has 0 aromatic heterocycles. The molecule has 0 saturated carbocycles. The number of hydrogen-bond acceptors (Lipinski definition) is 3. The van der Waals surface area contributed by atoms with E-state index in [2.05, 4.69) is 0 Å². The fourth-order valence-electron chi connectivity index (χ4n) is 1.73. The maximum atomic E-state index is 10.6. The lowest BCUT2D eigenvalue weighted by Crippen LogP contribution is -2.32. The Balaban J connectivity index is 2.27. The molecule has 1 unspecified atom stereocenters. The summed E-state index contributed by atoms with van der Waals surface area (Å²) in [6.07, 6.45) is 1.34. The first-order valence-corrected chi connectivity index (χ1v) is 4.37. The van der Waals surface area contributed by atoms with E-state index in [1.165, 1.54) is 0 Å². The van der Waals surface area contributed by atoms with E-state index >= 15 is 0 Å². The first-order valence-electron chi connectivity index (χ1n) is 4.37. The molecule has 13 heavy (non-hydrogen) atoms. The zero-order valence-electron chi connectivity index (χ0n) is 7.53. The Hall–Kier alpha value is -1.10. The second-order valence-corrected chi connectivity index (χ2v) is 3.53. The monoisotopic (exact) mass is 185 g/mol. The predicted octanol–water partition coefficient (Wildman–Crippen LogP) is -1.33. The molecule has 0 aromatic rings. The van der Waals surface area contributed by atoms with Gasteiger partial charge >= 0.3 is 0 Å². The van der Waals surface area contributed by atoms with E-state index in [0.29, 0.717) is 12.3 Å². The molecule has 1 saturated heterocycles. The van der Waals surface area contributed by atoms with Crippen LogP contribution in [0.2, 0.25) is 0 Å². The smallest absolute Gasteiger partial charge is 0.231 e. The minimum Gasteiger partial charge on any atom is -0.370 e. The number of rotatable bonds is 4. The summed E-state index contributed by atoms with van der Waals surface area (Å²) >= 11 is 0. The predicted molar refractivity (Wildman–Crippen MR) is 47.6 cm³/mol. The third kappa shape index (κ3) is 3.42. The van der Waals surface area contributed by atoms with Crippen LogP contribution in [0.4, 0.5) is 0 Å². The van der Waals surface area contributed by atoms with E-state index in [0.717, 1.165) is 19.5 Å². The van der Waals surface area contributed by atoms with Gasteiger partial charge < -0.3 is 11.5 Å². The normalized spacial score (nSPS) is 23.2. The second kappa shape index (κ2) is 4.23. The van der Waals surface area contributed by atoms with E-state index < -0.39 is 0 Å². The molecule has 1 rings (SSSR count). The quantitative estimate of drug-likeness (QED) is 0.568. The van der Waals surface area contributed by atoms with Crippen LogP contribution in [-0.4, -0.2) is 36.3 Å². The van der Waals surface area contributed by atoms with Gasteiger partial charge in [-0.2, -0.15) is 0 Å². The Morgan fingerprint density at radius 1 is 1.31 bits per heavy atom. The minimum atomic E-state index is -0.320. The van der Waals surface area contributed by atoms with Gasteiger partial charge in [0.1, 0.15) is 0 Å². The Morgan fingerprint density at radius 2 is 2.00 bits per heavy atom. The number of primary amides is 2. The van der Waals surface area contributed by atoms with Crippen LogP contribution in [-0.2, 0) is 9.59 Å². The lowest BCUT2D eigenvalue weighted by Gasteiger charge is -2.12. The number of likely N-dealkylation sites (tertiary alicyclic amines) is 1. The summed E-state index contributed by atoms with van der Waals surface area (Å²) in [7, 11) is 0. The highest BCUT2D eigenvalue weighted by atomic mass is 16.1. The van der Waals surface area contributed by atoms with Gasteiger partial charge in [-0.3, -0.25) is 14.5 Å². The van der Waals surface area contributed by atoms with Crippen LogP contribution in [0.15, 0.2) is 0 Å². The first kappa shape index (κ1) is 9.98. The average molecular weight is 185 g/mol. The molecule has 74 valence electrons. The van der Waals surface area contributed by atoms with Crippen LogP contribution < -0.4 is 11.5 Å². The van der Waals surface area contributed by atoms with Gasteiger partial charge in [0, 0.05) is 13.0 Å². The fourth-order valence-corrected chi connectivity index (χ4v) is 1.73. The molecule has 4 N–H and O–H groups in total. The van der Waals surface area contributed by atoms with Crippen molar-refractivity contribution in [2.24, 2.45) is 17.4 Å². The van der Waals surface area contributed by atoms with Crippen LogP contribution >= 0.6 is 0 Å². The summed E-state index contributed by atoms with van der Waals surface area (Å²) in [5.74, 6) is -0.289. The molecular formula is C8H15N3O2. The lowest BCUT2D eigenvalue weighted by molar-refractivity contribution is -0.119. The topological polar surface area (TPSA) is 89.4 Å². The zero-order chi connectivity index (χ0) is 9.84. The van der Waals surface area contributed by atoms with E-state index in [-0.39, 0.29) is 18.4 Å². The van der Waals surface area contributed by atoms with Crippen LogP contribution in [0, 0.1) is 5.92 Å². The highest BCUT2D eigenvalue weighted by Gasteiger charge is 2.24. The van der Waals surface area contributed by atoms with Crippen molar-refractivity contribution in [2.45, 2.75) is 12.8 Å². The maximum absolute atomic E-state index is 10.6. The number of carbonyl (C=O) groups excluding carboxylic acids is 2. The standard InChI is InChI=1S/C8H15N3O2/c9-7(12)3-6-1-2-11(4-6)5-8(10)13/h6H,1-5H2,(H2,9,12)(H2,10,13). The van der Waals surface area contributed by atoms with Crippen LogP contribution in [0.5, 0.6) is 0 Å². The number of amides is 2. The van der Waals surface area contributed by atoms with Crippen LogP contribution in [0.3, 0.4) is 0 Å². The van der Waals surface area contributed by atoms with E-state index in [1.54, 1.807) is 0 Å². The van der Waals surface area contributed by atoms with Crippen molar-refractivity contribution < 1.29 is 9.59 Å². The molecule has 0 aromatic carbocycles. The van der Waals surface area contributed by atoms with Gasteiger partial charge in [0.25, 0.3) is 0 Å². The van der Waals surface area contributed by atoms with Gasteiger partial charge in [-0.05, 0) is 18.9 Å². The number of nitrogens with zero attached hydrogens (tertiary/aromatic N) is 1. The molecule has 1 fully saturated rings. The Bertz CT molecular complexity index is 195. The SMILES string of the molecule is NC(=O)CC1CCN(CC(N)=O)C1. The molecule has 5 nitrogen and oxygen atoms in total. The summed E-state index contributed by atoms with van der Waals surface area (Å²) in [6.45, 7) is 1.88. The Morgan fingerprint density at radius 3 is 2.54 bits per heavy atom. The summed E-state index contributed by atoms with van der Waals surface area (Å²) in [5.41, 5.74) is 10.1. The Labute approximate surface area is 77.1 Å². The largest absolute Gasteiger partial charge is 0.370 e. The van der Waals surface area contributed by atoms with Crippen molar-refractivity contribution in [1.82, 2.24) is 4.90 Å². The van der Waals surface area contributed by atoms with Gasteiger partial charge in [0.15, 0.2) is 0 Å².